The summed E-state index contributed by atoms with van der Waals surface area (Å²) in [5.41, 5.74) is 1.53. The van der Waals surface area contributed by atoms with Crippen LogP contribution in [0.5, 0.6) is 0 Å². The van der Waals surface area contributed by atoms with Crippen LogP contribution in [-0.2, 0) is 4.74 Å². The summed E-state index contributed by atoms with van der Waals surface area (Å²) in [5.74, 6) is -0.256. The molecule has 0 atom stereocenters. The van der Waals surface area contributed by atoms with Crippen LogP contribution in [0, 0.1) is 5.82 Å². The van der Waals surface area contributed by atoms with Crippen molar-refractivity contribution in [2.75, 3.05) is 45.2 Å². The van der Waals surface area contributed by atoms with E-state index in [9.17, 15) is 4.39 Å². The van der Waals surface area contributed by atoms with Gasteiger partial charge in [0.2, 0.25) is 0 Å². The van der Waals surface area contributed by atoms with Crippen molar-refractivity contribution in [1.29, 1.82) is 0 Å². The Morgan fingerprint density at radius 1 is 1.25 bits per heavy atom. The Labute approximate surface area is 143 Å². The molecule has 1 saturated heterocycles. The second kappa shape index (κ2) is 7.90. The summed E-state index contributed by atoms with van der Waals surface area (Å²) in [6.45, 7) is 3.77. The highest BCUT2D eigenvalue weighted by Gasteiger charge is 2.21. The molecule has 1 aliphatic rings. The summed E-state index contributed by atoms with van der Waals surface area (Å²) in [5, 5.41) is 0.892. The molecule has 5 heteroatoms. The molecule has 0 saturated carbocycles. The van der Waals surface area contributed by atoms with Gasteiger partial charge in [-0.25, -0.2) is 4.39 Å². The van der Waals surface area contributed by atoms with Crippen molar-refractivity contribution in [1.82, 2.24) is 9.88 Å². The fourth-order valence-corrected chi connectivity index (χ4v) is 3.30. The zero-order valence-corrected chi connectivity index (χ0v) is 14.5. The molecule has 0 bridgehead atoms. The maximum absolute atomic E-state index is 13.9. The third-order valence-electron chi connectivity index (χ3n) is 4.58. The molecule has 1 fully saturated rings. The van der Waals surface area contributed by atoms with E-state index in [1.807, 2.05) is 12.1 Å². The lowest BCUT2D eigenvalue weighted by Crippen LogP contribution is -2.37. The lowest BCUT2D eigenvalue weighted by Gasteiger charge is -2.34. The third kappa shape index (κ3) is 4.02. The summed E-state index contributed by atoms with van der Waals surface area (Å²) >= 11 is 0. The van der Waals surface area contributed by atoms with Crippen molar-refractivity contribution in [2.24, 2.45) is 0 Å². The van der Waals surface area contributed by atoms with Gasteiger partial charge in [0.1, 0.15) is 11.3 Å². The highest BCUT2D eigenvalue weighted by molar-refractivity contribution is 5.91. The van der Waals surface area contributed by atoms with E-state index in [4.69, 9.17) is 4.74 Å². The first-order valence-electron chi connectivity index (χ1n) is 8.69. The SMILES string of the molecule is CN(C)CCCOC1CCN(c2ccnc3c(F)cccc23)CC1. The molecule has 24 heavy (non-hydrogen) atoms. The number of fused-ring (bicyclic) bond motifs is 1. The van der Waals surface area contributed by atoms with Crippen LogP contribution < -0.4 is 4.90 Å². The number of pyridine rings is 1. The lowest BCUT2D eigenvalue weighted by molar-refractivity contribution is 0.0333. The Bertz CT molecular complexity index is 669. The molecular formula is C19H26FN3O. The molecule has 0 N–H and O–H groups in total. The van der Waals surface area contributed by atoms with Crippen molar-refractivity contribution in [3.05, 3.63) is 36.3 Å². The van der Waals surface area contributed by atoms with E-state index < -0.39 is 0 Å². The minimum absolute atomic E-state index is 0.256. The number of ether oxygens (including phenoxy) is 1. The Morgan fingerprint density at radius 2 is 2.04 bits per heavy atom. The molecule has 0 amide bonds. The summed E-state index contributed by atoms with van der Waals surface area (Å²) in [6.07, 6.45) is 5.14. The number of aromatic nitrogens is 1. The number of piperidine rings is 1. The lowest BCUT2D eigenvalue weighted by atomic mass is 10.1. The molecule has 0 unspecified atom stereocenters. The number of hydrogen-bond acceptors (Lipinski definition) is 4. The van der Waals surface area contributed by atoms with Gasteiger partial charge in [0.15, 0.2) is 0 Å². The summed E-state index contributed by atoms with van der Waals surface area (Å²) in [4.78, 5) is 8.69. The van der Waals surface area contributed by atoms with Crippen molar-refractivity contribution < 1.29 is 9.13 Å². The number of nitrogens with zero attached hydrogens (tertiary/aromatic N) is 3. The van der Waals surface area contributed by atoms with E-state index in [0.29, 0.717) is 11.6 Å². The highest BCUT2D eigenvalue weighted by Crippen LogP contribution is 2.29. The molecule has 3 rings (SSSR count). The van der Waals surface area contributed by atoms with Gasteiger partial charge in [-0.15, -0.1) is 0 Å². The van der Waals surface area contributed by atoms with Gasteiger partial charge in [-0.1, -0.05) is 12.1 Å². The molecule has 130 valence electrons. The van der Waals surface area contributed by atoms with Gasteiger partial charge >= 0.3 is 0 Å². The third-order valence-corrected chi connectivity index (χ3v) is 4.58. The average molecular weight is 331 g/mol. The molecule has 1 aromatic heterocycles. The molecule has 1 aliphatic heterocycles. The number of anilines is 1. The molecule has 2 aromatic rings. The van der Waals surface area contributed by atoms with Gasteiger partial charge in [-0.3, -0.25) is 4.98 Å². The zero-order valence-electron chi connectivity index (χ0n) is 14.5. The second-order valence-electron chi connectivity index (χ2n) is 6.68. The first kappa shape index (κ1) is 17.1. The minimum atomic E-state index is -0.256. The van der Waals surface area contributed by atoms with Crippen LogP contribution >= 0.6 is 0 Å². The standard InChI is InChI=1S/C19H26FN3O/c1-22(2)11-4-14-24-15-8-12-23(13-9-15)18-7-10-21-19-16(18)5-3-6-17(19)20/h3,5-7,10,15H,4,8-9,11-14H2,1-2H3. The van der Waals surface area contributed by atoms with Crippen LogP contribution in [0.1, 0.15) is 19.3 Å². The van der Waals surface area contributed by atoms with Crippen LogP contribution in [-0.4, -0.2) is 56.3 Å². The van der Waals surface area contributed by atoms with Gasteiger partial charge < -0.3 is 14.5 Å². The van der Waals surface area contributed by atoms with Gasteiger partial charge in [-0.2, -0.15) is 0 Å². The Morgan fingerprint density at radius 3 is 2.79 bits per heavy atom. The summed E-state index contributed by atoms with van der Waals surface area (Å²) in [6, 6.07) is 7.15. The van der Waals surface area contributed by atoms with Crippen molar-refractivity contribution >= 4 is 16.6 Å². The number of rotatable bonds is 6. The first-order chi connectivity index (χ1) is 11.6. The van der Waals surface area contributed by atoms with E-state index in [0.717, 1.165) is 56.6 Å². The highest BCUT2D eigenvalue weighted by atomic mass is 19.1. The Balaban J connectivity index is 1.58. The number of para-hydroxylation sites is 1. The number of halogens is 1. The molecule has 4 nitrogen and oxygen atoms in total. The van der Waals surface area contributed by atoms with Gasteiger partial charge in [0.25, 0.3) is 0 Å². The van der Waals surface area contributed by atoms with E-state index in [1.165, 1.54) is 6.07 Å². The van der Waals surface area contributed by atoms with Crippen LogP contribution in [0.2, 0.25) is 0 Å². The minimum Gasteiger partial charge on any atom is -0.378 e. The predicted molar refractivity (Wildman–Crippen MR) is 96.1 cm³/mol. The molecule has 0 aliphatic carbocycles. The summed E-state index contributed by atoms with van der Waals surface area (Å²) < 4.78 is 19.9. The van der Waals surface area contributed by atoms with Crippen LogP contribution in [0.25, 0.3) is 10.9 Å². The summed E-state index contributed by atoms with van der Waals surface area (Å²) in [7, 11) is 4.17. The maximum Gasteiger partial charge on any atom is 0.149 e. The van der Waals surface area contributed by atoms with Crippen LogP contribution in [0.4, 0.5) is 10.1 Å². The normalized spacial score (nSPS) is 16.2. The smallest absolute Gasteiger partial charge is 0.149 e. The van der Waals surface area contributed by atoms with Crippen molar-refractivity contribution in [3.8, 4) is 0 Å². The van der Waals surface area contributed by atoms with Crippen molar-refractivity contribution in [2.45, 2.75) is 25.4 Å². The number of hydrogen-bond donors (Lipinski definition) is 0. The van der Waals surface area contributed by atoms with Crippen LogP contribution in [0.15, 0.2) is 30.5 Å². The topological polar surface area (TPSA) is 28.6 Å². The molecular weight excluding hydrogens is 305 g/mol. The monoisotopic (exact) mass is 331 g/mol. The second-order valence-corrected chi connectivity index (χ2v) is 6.68. The van der Waals surface area contributed by atoms with E-state index in [2.05, 4.69) is 28.9 Å². The van der Waals surface area contributed by atoms with Gasteiger partial charge in [0.05, 0.1) is 6.10 Å². The molecule has 0 spiro atoms. The number of benzene rings is 1. The van der Waals surface area contributed by atoms with Crippen LogP contribution in [0.3, 0.4) is 0 Å². The molecule has 2 heterocycles. The van der Waals surface area contributed by atoms with E-state index in [-0.39, 0.29) is 5.82 Å². The van der Waals surface area contributed by atoms with Crippen molar-refractivity contribution in [3.63, 3.8) is 0 Å². The Hall–Kier alpha value is -1.72. The fraction of sp³-hybridized carbons (Fsp3) is 0.526. The molecule has 1 aromatic carbocycles. The van der Waals surface area contributed by atoms with Gasteiger partial charge in [-0.05, 0) is 52.0 Å². The molecule has 0 radical (unpaired) electrons. The zero-order chi connectivity index (χ0) is 16.9. The Kier molecular flexibility index (Phi) is 5.63. The fourth-order valence-electron chi connectivity index (χ4n) is 3.30. The van der Waals surface area contributed by atoms with E-state index >= 15 is 0 Å². The maximum atomic E-state index is 13.9. The quantitative estimate of drug-likeness (QED) is 0.759. The first-order valence-corrected chi connectivity index (χ1v) is 8.69. The largest absolute Gasteiger partial charge is 0.378 e. The van der Waals surface area contributed by atoms with E-state index in [1.54, 1.807) is 12.3 Å². The predicted octanol–water partition coefficient (Wildman–Crippen LogP) is 3.31. The average Bonchev–Trinajstić information content (AvgIpc) is 2.59. The van der Waals surface area contributed by atoms with Gasteiger partial charge in [0, 0.05) is 37.0 Å².